The van der Waals surface area contributed by atoms with E-state index in [1.165, 1.54) is 0 Å². The lowest BCUT2D eigenvalue weighted by Gasteiger charge is -2.31. The third-order valence-corrected chi connectivity index (χ3v) is 6.22. The van der Waals surface area contributed by atoms with Crippen molar-refractivity contribution < 1.29 is 14.3 Å². The molecule has 3 rings (SSSR count). The van der Waals surface area contributed by atoms with Crippen molar-refractivity contribution in [3.63, 3.8) is 0 Å². The molecule has 1 atom stereocenters. The number of carbonyl (C=O) groups is 2. The maximum Gasteiger partial charge on any atom is 0.261 e. The van der Waals surface area contributed by atoms with Crippen molar-refractivity contribution in [1.29, 1.82) is 0 Å². The van der Waals surface area contributed by atoms with Gasteiger partial charge in [0.15, 0.2) is 6.61 Å². The number of hydrogen-bond acceptors (Lipinski definition) is 3. The summed E-state index contributed by atoms with van der Waals surface area (Å²) in [5.41, 5.74) is 3.05. The maximum atomic E-state index is 13.5. The average Bonchev–Trinajstić information content (AvgIpc) is 2.86. The molecule has 1 unspecified atom stereocenters. The zero-order valence-corrected chi connectivity index (χ0v) is 22.0. The first kappa shape index (κ1) is 26.5. The average molecular weight is 537 g/mol. The van der Waals surface area contributed by atoms with Crippen LogP contribution in [0.25, 0.3) is 0 Å². The Morgan fingerprint density at radius 2 is 1.69 bits per heavy atom. The van der Waals surface area contributed by atoms with Crippen LogP contribution in [-0.4, -0.2) is 35.9 Å². The van der Waals surface area contributed by atoms with Gasteiger partial charge in [-0.15, -0.1) is 0 Å². The van der Waals surface area contributed by atoms with Crippen LogP contribution in [0.3, 0.4) is 0 Å². The molecule has 3 aromatic rings. The van der Waals surface area contributed by atoms with Crippen LogP contribution in [0.4, 0.5) is 0 Å². The number of halogens is 1. The molecular formula is C29H33BrN2O3. The molecule has 5 nitrogen and oxygen atoms in total. The summed E-state index contributed by atoms with van der Waals surface area (Å²) >= 11 is 3.51. The van der Waals surface area contributed by atoms with Gasteiger partial charge in [-0.05, 0) is 48.7 Å². The maximum absolute atomic E-state index is 13.5. The van der Waals surface area contributed by atoms with E-state index in [0.717, 1.165) is 34.0 Å². The summed E-state index contributed by atoms with van der Waals surface area (Å²) in [6.45, 7) is 4.82. The van der Waals surface area contributed by atoms with Crippen LogP contribution in [0.1, 0.15) is 36.5 Å². The second kappa shape index (κ2) is 13.7. The van der Waals surface area contributed by atoms with Crippen LogP contribution in [0.5, 0.6) is 5.75 Å². The number of nitrogens with zero attached hydrogens (tertiary/aromatic N) is 1. The van der Waals surface area contributed by atoms with Gasteiger partial charge in [-0.1, -0.05) is 89.4 Å². The van der Waals surface area contributed by atoms with E-state index < -0.39 is 6.04 Å². The minimum Gasteiger partial charge on any atom is -0.484 e. The van der Waals surface area contributed by atoms with Gasteiger partial charge in [-0.2, -0.15) is 0 Å². The van der Waals surface area contributed by atoms with Crippen LogP contribution in [0.2, 0.25) is 0 Å². The van der Waals surface area contributed by atoms with Crippen LogP contribution in [0, 0.1) is 6.92 Å². The minimum atomic E-state index is -0.664. The molecule has 2 amide bonds. The molecule has 0 aliphatic rings. The first-order valence-corrected chi connectivity index (χ1v) is 12.8. The highest BCUT2D eigenvalue weighted by atomic mass is 79.9. The normalized spacial score (nSPS) is 11.5. The van der Waals surface area contributed by atoms with E-state index in [9.17, 15) is 9.59 Å². The lowest BCUT2D eigenvalue weighted by Crippen LogP contribution is -2.51. The van der Waals surface area contributed by atoms with E-state index in [2.05, 4.69) is 28.2 Å². The summed E-state index contributed by atoms with van der Waals surface area (Å²) in [7, 11) is 0. The van der Waals surface area contributed by atoms with E-state index in [0.29, 0.717) is 25.3 Å². The molecule has 35 heavy (non-hydrogen) atoms. The molecule has 0 heterocycles. The Kier molecular flexibility index (Phi) is 10.4. The van der Waals surface area contributed by atoms with Gasteiger partial charge in [0, 0.05) is 24.0 Å². The molecule has 3 aromatic carbocycles. The van der Waals surface area contributed by atoms with Crippen LogP contribution in [0.15, 0.2) is 83.3 Å². The Morgan fingerprint density at radius 1 is 0.971 bits per heavy atom. The topological polar surface area (TPSA) is 58.6 Å². The van der Waals surface area contributed by atoms with Gasteiger partial charge in [-0.3, -0.25) is 9.59 Å². The van der Waals surface area contributed by atoms with E-state index in [-0.39, 0.29) is 18.4 Å². The van der Waals surface area contributed by atoms with E-state index >= 15 is 0 Å². The third kappa shape index (κ3) is 8.55. The molecule has 0 bridgehead atoms. The summed E-state index contributed by atoms with van der Waals surface area (Å²) in [5, 5.41) is 3.03. The second-order valence-corrected chi connectivity index (χ2v) is 9.52. The van der Waals surface area contributed by atoms with Gasteiger partial charge in [0.1, 0.15) is 11.8 Å². The van der Waals surface area contributed by atoms with Crippen molar-refractivity contribution in [1.82, 2.24) is 10.2 Å². The third-order valence-electron chi connectivity index (χ3n) is 5.73. The fourth-order valence-corrected chi connectivity index (χ4v) is 4.20. The van der Waals surface area contributed by atoms with Crippen molar-refractivity contribution >= 4 is 27.7 Å². The predicted molar refractivity (Wildman–Crippen MR) is 143 cm³/mol. The molecule has 0 fully saturated rings. The quantitative estimate of drug-likeness (QED) is 0.302. The molecule has 0 aliphatic heterocycles. The zero-order chi connectivity index (χ0) is 25.0. The SMILES string of the molecule is CCCCNC(=O)C(Cc1ccccc1)N(Cc1cccc(Br)c1)C(=O)COc1ccc(C)cc1. The van der Waals surface area contributed by atoms with Gasteiger partial charge < -0.3 is 15.0 Å². The van der Waals surface area contributed by atoms with Crippen LogP contribution < -0.4 is 10.1 Å². The second-order valence-electron chi connectivity index (χ2n) is 8.60. The number of carbonyl (C=O) groups excluding carboxylic acids is 2. The molecule has 0 saturated carbocycles. The Hall–Kier alpha value is -3.12. The Balaban J connectivity index is 1.87. The summed E-state index contributed by atoms with van der Waals surface area (Å²) in [4.78, 5) is 28.6. The summed E-state index contributed by atoms with van der Waals surface area (Å²) < 4.78 is 6.73. The number of amides is 2. The summed E-state index contributed by atoms with van der Waals surface area (Å²) in [6.07, 6.45) is 2.29. The van der Waals surface area contributed by atoms with Crippen LogP contribution >= 0.6 is 15.9 Å². The zero-order valence-electron chi connectivity index (χ0n) is 20.4. The van der Waals surface area contributed by atoms with Crippen molar-refractivity contribution in [2.24, 2.45) is 0 Å². The highest BCUT2D eigenvalue weighted by Gasteiger charge is 2.30. The fourth-order valence-electron chi connectivity index (χ4n) is 3.75. The first-order valence-electron chi connectivity index (χ1n) is 12.0. The molecule has 1 N–H and O–H groups in total. The predicted octanol–water partition coefficient (Wildman–Crippen LogP) is 5.69. The minimum absolute atomic E-state index is 0.148. The van der Waals surface area contributed by atoms with Gasteiger partial charge in [0.25, 0.3) is 5.91 Å². The smallest absolute Gasteiger partial charge is 0.261 e. The molecule has 0 aromatic heterocycles. The molecule has 6 heteroatoms. The molecule has 0 aliphatic carbocycles. The summed E-state index contributed by atoms with van der Waals surface area (Å²) in [6, 6.07) is 24.5. The summed E-state index contributed by atoms with van der Waals surface area (Å²) in [5.74, 6) is 0.233. The van der Waals surface area contributed by atoms with Gasteiger partial charge in [0.2, 0.25) is 5.91 Å². The monoisotopic (exact) mass is 536 g/mol. The number of aryl methyl sites for hydroxylation is 1. The van der Waals surface area contributed by atoms with E-state index in [1.807, 2.05) is 85.8 Å². The number of benzene rings is 3. The molecule has 0 saturated heterocycles. The fraction of sp³-hybridized carbons (Fsp3) is 0.310. The van der Waals surface area contributed by atoms with Crippen molar-refractivity contribution in [3.8, 4) is 5.75 Å². The number of ether oxygens (including phenoxy) is 1. The first-order chi connectivity index (χ1) is 17.0. The van der Waals surface area contributed by atoms with Gasteiger partial charge in [-0.25, -0.2) is 0 Å². The number of unbranched alkanes of at least 4 members (excludes halogenated alkanes) is 1. The molecule has 184 valence electrons. The Bertz CT molecular complexity index is 1090. The standard InChI is InChI=1S/C29H33BrN2O3/c1-3-4-17-31-29(34)27(19-23-9-6-5-7-10-23)32(20-24-11-8-12-25(30)18-24)28(33)21-35-26-15-13-22(2)14-16-26/h5-16,18,27H,3-4,17,19-21H2,1-2H3,(H,31,34). The van der Waals surface area contributed by atoms with Crippen molar-refractivity contribution in [2.75, 3.05) is 13.2 Å². The number of nitrogens with one attached hydrogen (secondary N) is 1. The molecular weight excluding hydrogens is 504 g/mol. The van der Waals surface area contributed by atoms with Crippen molar-refractivity contribution in [3.05, 3.63) is 100 Å². The van der Waals surface area contributed by atoms with E-state index in [4.69, 9.17) is 4.74 Å². The lowest BCUT2D eigenvalue weighted by molar-refractivity contribution is -0.142. The Labute approximate surface area is 216 Å². The van der Waals surface area contributed by atoms with Gasteiger partial charge >= 0.3 is 0 Å². The van der Waals surface area contributed by atoms with Crippen LogP contribution in [-0.2, 0) is 22.6 Å². The van der Waals surface area contributed by atoms with Crippen molar-refractivity contribution in [2.45, 2.75) is 45.7 Å². The largest absolute Gasteiger partial charge is 0.484 e. The lowest BCUT2D eigenvalue weighted by atomic mass is 10.0. The van der Waals surface area contributed by atoms with Gasteiger partial charge in [0.05, 0.1) is 0 Å². The number of rotatable bonds is 12. The highest BCUT2D eigenvalue weighted by Crippen LogP contribution is 2.19. The highest BCUT2D eigenvalue weighted by molar-refractivity contribution is 9.10. The molecule has 0 radical (unpaired) electrons. The number of hydrogen-bond donors (Lipinski definition) is 1. The van der Waals surface area contributed by atoms with E-state index in [1.54, 1.807) is 4.90 Å². The molecule has 0 spiro atoms. The Morgan fingerprint density at radius 3 is 2.37 bits per heavy atom.